The van der Waals surface area contributed by atoms with Crippen molar-refractivity contribution < 1.29 is 18.7 Å². The van der Waals surface area contributed by atoms with Gasteiger partial charge in [-0.2, -0.15) is 0 Å². The molecule has 1 N–H and O–H groups in total. The molecule has 0 radical (unpaired) electrons. The molecule has 3 amide bonds. The molecule has 1 aromatic carbocycles. The molecule has 28 heavy (non-hydrogen) atoms. The van der Waals surface area contributed by atoms with Crippen molar-refractivity contribution in [2.24, 2.45) is 0 Å². The molecule has 0 saturated carbocycles. The Labute approximate surface area is 171 Å². The van der Waals surface area contributed by atoms with E-state index >= 15 is 0 Å². The third-order valence-electron chi connectivity index (χ3n) is 5.03. The Hall–Kier alpha value is -1.86. The second kappa shape index (κ2) is 11.2. The third kappa shape index (κ3) is 6.63. The molecule has 0 bridgehead atoms. The molecule has 2 aliphatic heterocycles. The van der Waals surface area contributed by atoms with Gasteiger partial charge in [-0.05, 0) is 50.3 Å². The predicted octanol–water partition coefficient (Wildman–Crippen LogP) is 3.35. The molecule has 2 aliphatic rings. The Morgan fingerprint density at radius 3 is 2.71 bits per heavy atom. The average molecular weight is 414 g/mol. The minimum Gasteiger partial charge on any atom is -0.381 e. The molecule has 2 fully saturated rings. The van der Waals surface area contributed by atoms with Crippen molar-refractivity contribution in [1.29, 1.82) is 0 Å². The Morgan fingerprint density at radius 1 is 1.39 bits per heavy atom. The summed E-state index contributed by atoms with van der Waals surface area (Å²) in [6.07, 6.45) is 5.08. The lowest BCUT2D eigenvalue weighted by Crippen LogP contribution is -2.50. The van der Waals surface area contributed by atoms with Gasteiger partial charge in [0.25, 0.3) is 0 Å². The van der Waals surface area contributed by atoms with Crippen LogP contribution < -0.4 is 5.32 Å². The van der Waals surface area contributed by atoms with Gasteiger partial charge in [0.15, 0.2) is 0 Å². The number of halogens is 2. The van der Waals surface area contributed by atoms with Crippen LogP contribution in [0.3, 0.4) is 0 Å². The fourth-order valence-electron chi connectivity index (χ4n) is 3.22. The van der Waals surface area contributed by atoms with Gasteiger partial charge >= 0.3 is 6.03 Å². The highest BCUT2D eigenvalue weighted by atomic mass is 35.5. The first-order chi connectivity index (χ1) is 13.4. The van der Waals surface area contributed by atoms with Gasteiger partial charge in [0.1, 0.15) is 5.82 Å². The summed E-state index contributed by atoms with van der Waals surface area (Å²) in [6, 6.07) is 2.58. The minimum atomic E-state index is -0.437. The molecule has 2 heterocycles. The van der Waals surface area contributed by atoms with Crippen LogP contribution in [0.1, 0.15) is 36.8 Å². The summed E-state index contributed by atoms with van der Waals surface area (Å²) in [5.41, 5.74) is 1.16. The van der Waals surface area contributed by atoms with Crippen LogP contribution in [0.25, 0.3) is 0 Å². The molecule has 0 spiro atoms. The maximum Gasteiger partial charge on any atom is 0.317 e. The van der Waals surface area contributed by atoms with Crippen molar-refractivity contribution in [3.63, 3.8) is 0 Å². The second-order valence-corrected chi connectivity index (χ2v) is 7.59. The minimum absolute atomic E-state index is 0.0225. The molecule has 6 nitrogen and oxygen atoms in total. The van der Waals surface area contributed by atoms with Crippen molar-refractivity contribution in [2.75, 3.05) is 33.4 Å². The number of rotatable bonds is 4. The standard InChI is InChI=1S/C16H21ClFN3O2.C4H8O/c1-11-6-12(15(18)7-14(11)17)8-19-16(23)20(2)13-4-3-5-21(9-13)10-22;1-2-4-5-3-1/h6-7,10,13H,3-5,8-9H2,1-2H3,(H,19,23);1-4H2. The third-order valence-corrected chi connectivity index (χ3v) is 5.44. The number of amides is 3. The van der Waals surface area contributed by atoms with Gasteiger partial charge in [-0.15, -0.1) is 0 Å². The summed E-state index contributed by atoms with van der Waals surface area (Å²) in [7, 11) is 1.69. The molecule has 3 rings (SSSR count). The van der Waals surface area contributed by atoms with Gasteiger partial charge in [-0.1, -0.05) is 11.6 Å². The first-order valence-corrected chi connectivity index (χ1v) is 10.0. The number of benzene rings is 1. The number of hydrogen-bond acceptors (Lipinski definition) is 3. The van der Waals surface area contributed by atoms with E-state index in [9.17, 15) is 14.0 Å². The summed E-state index contributed by atoms with van der Waals surface area (Å²) in [5, 5.41) is 3.08. The SMILES string of the molecule is C1CCOC1.Cc1cc(CNC(=O)N(C)C2CCCN(C=O)C2)c(F)cc1Cl. The lowest BCUT2D eigenvalue weighted by Gasteiger charge is -2.35. The van der Waals surface area contributed by atoms with Crippen LogP contribution in [0.2, 0.25) is 5.02 Å². The zero-order valence-corrected chi connectivity index (χ0v) is 17.3. The molecule has 8 heteroatoms. The zero-order chi connectivity index (χ0) is 20.5. The normalized spacial score (nSPS) is 18.9. The molecule has 1 aromatic rings. The molecule has 1 unspecified atom stereocenters. The number of hydrogen-bond donors (Lipinski definition) is 1. The van der Waals surface area contributed by atoms with Gasteiger partial charge in [0.05, 0.1) is 6.04 Å². The molecule has 0 aromatic heterocycles. The smallest absolute Gasteiger partial charge is 0.317 e. The second-order valence-electron chi connectivity index (χ2n) is 7.18. The highest BCUT2D eigenvalue weighted by Crippen LogP contribution is 2.20. The fourth-order valence-corrected chi connectivity index (χ4v) is 3.37. The highest BCUT2D eigenvalue weighted by molar-refractivity contribution is 6.31. The monoisotopic (exact) mass is 413 g/mol. The Bertz CT molecular complexity index is 663. The van der Waals surface area contributed by atoms with Crippen molar-refractivity contribution in [3.8, 4) is 0 Å². The molecular formula is C20H29ClFN3O3. The fraction of sp³-hybridized carbons (Fsp3) is 0.600. The zero-order valence-electron chi connectivity index (χ0n) is 16.5. The van der Waals surface area contributed by atoms with E-state index in [-0.39, 0.29) is 18.6 Å². The van der Waals surface area contributed by atoms with Gasteiger partial charge < -0.3 is 19.9 Å². The van der Waals surface area contributed by atoms with Crippen molar-refractivity contribution in [2.45, 2.75) is 45.2 Å². The lowest BCUT2D eigenvalue weighted by molar-refractivity contribution is -0.119. The van der Waals surface area contributed by atoms with Crippen LogP contribution in [-0.2, 0) is 16.1 Å². The first-order valence-electron chi connectivity index (χ1n) is 9.64. The number of ether oxygens (including phenoxy) is 1. The summed E-state index contributed by atoms with van der Waals surface area (Å²) in [5.74, 6) is -0.437. The summed E-state index contributed by atoms with van der Waals surface area (Å²) >= 11 is 5.86. The van der Waals surface area contributed by atoms with Gasteiger partial charge in [-0.25, -0.2) is 9.18 Å². The molecular weight excluding hydrogens is 385 g/mol. The van der Waals surface area contributed by atoms with Crippen LogP contribution >= 0.6 is 11.6 Å². The van der Waals surface area contributed by atoms with E-state index in [1.165, 1.54) is 18.9 Å². The Kier molecular flexibility index (Phi) is 8.99. The highest BCUT2D eigenvalue weighted by Gasteiger charge is 2.25. The number of carbonyl (C=O) groups excluding carboxylic acids is 2. The summed E-state index contributed by atoms with van der Waals surface area (Å²) in [6.45, 7) is 5.14. The quantitative estimate of drug-likeness (QED) is 0.770. The summed E-state index contributed by atoms with van der Waals surface area (Å²) < 4.78 is 18.8. The van der Waals surface area contributed by atoms with E-state index in [0.29, 0.717) is 17.1 Å². The van der Waals surface area contributed by atoms with Crippen LogP contribution in [0.4, 0.5) is 9.18 Å². The van der Waals surface area contributed by atoms with Crippen molar-refractivity contribution in [1.82, 2.24) is 15.1 Å². The van der Waals surface area contributed by atoms with Crippen LogP contribution in [0, 0.1) is 12.7 Å². The van der Waals surface area contributed by atoms with Crippen LogP contribution in [0.5, 0.6) is 0 Å². The van der Waals surface area contributed by atoms with E-state index in [0.717, 1.165) is 44.6 Å². The van der Waals surface area contributed by atoms with E-state index in [1.807, 2.05) is 0 Å². The Balaban J connectivity index is 0.000000485. The average Bonchev–Trinajstić information content (AvgIpc) is 3.29. The number of likely N-dealkylation sites (tertiary alicyclic amines) is 1. The van der Waals surface area contributed by atoms with Crippen molar-refractivity contribution in [3.05, 3.63) is 34.1 Å². The van der Waals surface area contributed by atoms with Gasteiger partial charge in [-0.3, -0.25) is 4.79 Å². The maximum absolute atomic E-state index is 13.8. The number of piperidine rings is 1. The van der Waals surface area contributed by atoms with Crippen LogP contribution in [-0.4, -0.2) is 61.6 Å². The number of likely N-dealkylation sites (N-methyl/N-ethyl adjacent to an activating group) is 1. The number of carbonyl (C=O) groups is 2. The number of nitrogens with zero attached hydrogens (tertiary/aromatic N) is 2. The Morgan fingerprint density at radius 2 is 2.11 bits per heavy atom. The molecule has 1 atom stereocenters. The number of nitrogens with one attached hydrogen (secondary N) is 1. The van der Waals surface area contributed by atoms with Gasteiger partial charge in [0.2, 0.25) is 6.41 Å². The molecule has 0 aliphatic carbocycles. The first kappa shape index (κ1) is 22.4. The van der Waals surface area contributed by atoms with E-state index in [2.05, 4.69) is 5.32 Å². The van der Waals surface area contributed by atoms with Crippen LogP contribution in [0.15, 0.2) is 12.1 Å². The van der Waals surface area contributed by atoms with E-state index in [1.54, 1.807) is 29.8 Å². The lowest BCUT2D eigenvalue weighted by atomic mass is 10.1. The van der Waals surface area contributed by atoms with Gasteiger partial charge in [0, 0.05) is 50.5 Å². The number of urea groups is 1. The van der Waals surface area contributed by atoms with Crippen molar-refractivity contribution >= 4 is 24.0 Å². The molecule has 156 valence electrons. The molecule has 2 saturated heterocycles. The predicted molar refractivity (Wildman–Crippen MR) is 107 cm³/mol. The van der Waals surface area contributed by atoms with E-state index < -0.39 is 5.82 Å². The largest absolute Gasteiger partial charge is 0.381 e. The topological polar surface area (TPSA) is 61.9 Å². The van der Waals surface area contributed by atoms with E-state index in [4.69, 9.17) is 16.3 Å². The maximum atomic E-state index is 13.8. The number of aryl methyl sites for hydroxylation is 1. The summed E-state index contributed by atoms with van der Waals surface area (Å²) in [4.78, 5) is 26.3.